The van der Waals surface area contributed by atoms with Crippen molar-refractivity contribution in [1.29, 1.82) is 0 Å². The van der Waals surface area contributed by atoms with Gasteiger partial charge >= 0.3 is 37.5 Å². The molecule has 0 N–H and O–H groups in total. The fraction of sp³-hybridized carbons (Fsp3) is 1.00. The molecule has 0 bridgehead atoms. The van der Waals surface area contributed by atoms with E-state index in [1.165, 1.54) is 15.9 Å². The van der Waals surface area contributed by atoms with Crippen LogP contribution < -0.4 is 0 Å². The minimum absolute atomic E-state index is 1.28. The van der Waals surface area contributed by atoms with Gasteiger partial charge < -0.3 is 0 Å². The third-order valence-electron chi connectivity index (χ3n) is 0. The van der Waals surface area contributed by atoms with E-state index in [1.54, 1.807) is 0 Å². The first-order chi connectivity index (χ1) is 2.24. The molecule has 0 saturated carbocycles. The number of hydrogen-bond donors (Lipinski definition) is 0. The van der Waals surface area contributed by atoms with Crippen LogP contribution in [0.15, 0.2) is 0 Å². The summed E-state index contributed by atoms with van der Waals surface area (Å²) in [7, 11) is 0. The Morgan fingerprint density at radius 2 is 1.00 bits per heavy atom. The molecule has 46 valence electrons. The summed E-state index contributed by atoms with van der Waals surface area (Å²) in [5, 5.41) is 3.85. The van der Waals surface area contributed by atoms with Gasteiger partial charge in [-0.25, -0.2) is 0 Å². The Morgan fingerprint density at radius 3 is 1.00 bits per heavy atom. The number of rotatable bonds is 0. The van der Waals surface area contributed by atoms with Crippen LogP contribution in [-0.4, -0.2) is 0 Å². The van der Waals surface area contributed by atoms with Crippen molar-refractivity contribution in [3.63, 3.8) is 0 Å². The molecule has 2 nitrogen and oxygen atoms in total. The standard InChI is InChI=1S/3CH3.2O.Pt/h3*1H3;;;/q;;;;;-3. The number of hydrogen-bond acceptors (Lipinski definition) is 2. The molecule has 0 fully saturated rings. The van der Waals surface area contributed by atoms with E-state index in [1.807, 2.05) is 0 Å². The van der Waals surface area contributed by atoms with E-state index in [0.29, 0.717) is 0 Å². The van der Waals surface area contributed by atoms with Crippen molar-refractivity contribution < 1.29 is 21.5 Å². The molecule has 0 unspecified atom stereocenters. The van der Waals surface area contributed by atoms with Crippen molar-refractivity contribution in [2.24, 2.45) is 0 Å². The van der Waals surface area contributed by atoms with Crippen molar-refractivity contribution in [2.45, 2.75) is 15.9 Å². The van der Waals surface area contributed by atoms with E-state index in [9.17, 15) is 6.80 Å². The van der Waals surface area contributed by atoms with Gasteiger partial charge in [-0.2, -0.15) is 0 Å². The van der Waals surface area contributed by atoms with Gasteiger partial charge in [-0.1, -0.05) is 0 Å². The molecule has 6 heavy (non-hydrogen) atoms. The summed E-state index contributed by atoms with van der Waals surface area (Å²) in [5.41, 5.74) is 0. The van der Waals surface area contributed by atoms with E-state index in [-0.39, 0.29) is 0 Å². The van der Waals surface area contributed by atoms with Gasteiger partial charge in [-0.15, -0.1) is 0 Å². The maximum atomic E-state index is 10.3. The van der Waals surface area contributed by atoms with E-state index < -0.39 is 14.7 Å². The van der Waals surface area contributed by atoms with Gasteiger partial charge in [0.05, 0.1) is 0 Å². The monoisotopic (exact) mass is 272 g/mol. The molecule has 0 aliphatic rings. The molecule has 0 heterocycles. The molecule has 0 aromatic heterocycles. The summed E-state index contributed by atoms with van der Waals surface area (Å²) in [6.45, 7) is 0. The Labute approximate surface area is 38.0 Å². The Hall–Kier alpha value is 0.288. The van der Waals surface area contributed by atoms with Crippen LogP contribution in [0.1, 0.15) is 0 Å². The van der Waals surface area contributed by atoms with Gasteiger partial charge in [0.15, 0.2) is 0 Å². The molecule has 0 rings (SSSR count). The Bertz CT molecular complexity index is 135. The van der Waals surface area contributed by atoms with E-state index in [4.69, 9.17) is 0 Å². The molecular weight excluding hydrogens is 263 g/mol. The summed E-state index contributed by atoms with van der Waals surface area (Å²) in [6, 6.07) is 0. The molecule has 0 aliphatic heterocycles. The van der Waals surface area contributed by atoms with Crippen LogP contribution >= 0.6 is 0 Å². The summed E-state index contributed by atoms with van der Waals surface area (Å²) in [6.07, 6.45) is 0. The summed E-state index contributed by atoms with van der Waals surface area (Å²) < 4.78 is 20.6. The second-order valence-electron chi connectivity index (χ2n) is 1.78. The third kappa shape index (κ3) is 558. The topological polar surface area (TPSA) is 34.1 Å². The van der Waals surface area contributed by atoms with Crippen LogP contribution in [-0.2, 0) is 21.5 Å². The van der Waals surface area contributed by atoms with Crippen molar-refractivity contribution in [2.75, 3.05) is 0 Å². The van der Waals surface area contributed by atoms with Gasteiger partial charge in [0.25, 0.3) is 0 Å². The molecule has 0 aromatic rings. The zero-order chi connectivity index (χ0) is 5.45. The van der Waals surface area contributed by atoms with Crippen molar-refractivity contribution in [3.05, 3.63) is 0 Å². The minimum atomic E-state index is -4.05. The summed E-state index contributed by atoms with van der Waals surface area (Å²) in [5.74, 6) is 0. The summed E-state index contributed by atoms with van der Waals surface area (Å²) >= 11 is -4.05. The summed E-state index contributed by atoms with van der Waals surface area (Å²) in [4.78, 5) is 0. The van der Waals surface area contributed by atoms with Crippen LogP contribution in [0.25, 0.3) is 0 Å². The Kier molecular flexibility index (Phi) is 0.963. The Balaban J connectivity index is 4.69. The molecule has 0 aliphatic carbocycles. The SMILES string of the molecule is [CH3][Pt-3]([CH3])([CH3])(=[O])=[O]. The first-order valence-electron chi connectivity index (χ1n) is 1.21. The predicted molar refractivity (Wildman–Crippen MR) is 19.0 cm³/mol. The third-order valence-corrected chi connectivity index (χ3v) is 0. The van der Waals surface area contributed by atoms with Gasteiger partial charge in [-0.3, -0.25) is 0 Å². The van der Waals surface area contributed by atoms with Crippen LogP contribution in [0.5, 0.6) is 0 Å². The van der Waals surface area contributed by atoms with Crippen molar-refractivity contribution in [3.8, 4) is 0 Å². The van der Waals surface area contributed by atoms with Crippen LogP contribution in [0, 0.1) is 0 Å². The zero-order valence-electron chi connectivity index (χ0n) is 4.13. The molecule has 0 radical (unpaired) electrons. The first kappa shape index (κ1) is 6.29. The zero-order valence-corrected chi connectivity index (χ0v) is 6.40. The predicted octanol–water partition coefficient (Wildman–Crippen LogP) is 1.51. The molecular formula is C3H9O2Pt-3. The van der Waals surface area contributed by atoms with Crippen LogP contribution in [0.4, 0.5) is 0 Å². The normalized spacial score (nSPS) is 18.8. The van der Waals surface area contributed by atoms with Crippen LogP contribution in [0.3, 0.4) is 0 Å². The maximum absolute atomic E-state index is 10.3. The van der Waals surface area contributed by atoms with Crippen molar-refractivity contribution >= 4 is 0 Å². The van der Waals surface area contributed by atoms with Gasteiger partial charge in [0, 0.05) is 0 Å². The molecule has 0 aromatic carbocycles. The molecule has 3 heteroatoms. The molecule has 0 spiro atoms. The fourth-order valence-electron chi connectivity index (χ4n) is 0. The van der Waals surface area contributed by atoms with Gasteiger partial charge in [0.1, 0.15) is 0 Å². The van der Waals surface area contributed by atoms with Gasteiger partial charge in [-0.05, 0) is 0 Å². The van der Waals surface area contributed by atoms with E-state index >= 15 is 0 Å². The van der Waals surface area contributed by atoms with Gasteiger partial charge in [0.2, 0.25) is 0 Å². The van der Waals surface area contributed by atoms with E-state index in [0.717, 1.165) is 0 Å². The van der Waals surface area contributed by atoms with E-state index in [2.05, 4.69) is 0 Å². The second kappa shape index (κ2) is 0.919. The average molecular weight is 272 g/mol. The fourth-order valence-corrected chi connectivity index (χ4v) is 0. The van der Waals surface area contributed by atoms with Crippen molar-refractivity contribution in [1.82, 2.24) is 0 Å². The quantitative estimate of drug-likeness (QED) is 0.670. The Morgan fingerprint density at radius 1 is 1.00 bits per heavy atom. The average Bonchev–Trinajstić information content (AvgIpc) is 0.650. The first-order valence-corrected chi connectivity index (χ1v) is 9.88. The van der Waals surface area contributed by atoms with Crippen LogP contribution in [0.2, 0.25) is 15.9 Å². The second-order valence-corrected chi connectivity index (χ2v) is 14.5. The molecule has 0 amide bonds. The molecule has 0 saturated heterocycles. The molecule has 0 atom stereocenters.